The SMILES string of the molecule is Cc1cccc(NC(CO)c2c(Cl)cccc2Cl)c1. The highest BCUT2D eigenvalue weighted by atomic mass is 35.5. The second-order valence-electron chi connectivity index (χ2n) is 4.38. The molecule has 0 saturated carbocycles. The molecular weight excluding hydrogens is 281 g/mol. The monoisotopic (exact) mass is 295 g/mol. The van der Waals surface area contributed by atoms with Gasteiger partial charge in [-0.05, 0) is 36.8 Å². The van der Waals surface area contributed by atoms with Gasteiger partial charge in [-0.3, -0.25) is 0 Å². The van der Waals surface area contributed by atoms with E-state index in [-0.39, 0.29) is 12.6 Å². The molecule has 0 heterocycles. The predicted octanol–water partition coefficient (Wildman–Crippen LogP) is 4.45. The Hall–Kier alpha value is -1.22. The van der Waals surface area contributed by atoms with Crippen molar-refractivity contribution in [3.8, 4) is 0 Å². The molecule has 0 bridgehead atoms. The molecule has 2 rings (SSSR count). The molecule has 2 nitrogen and oxygen atoms in total. The van der Waals surface area contributed by atoms with E-state index < -0.39 is 0 Å². The van der Waals surface area contributed by atoms with Crippen LogP contribution < -0.4 is 5.32 Å². The van der Waals surface area contributed by atoms with Crippen molar-refractivity contribution in [2.45, 2.75) is 13.0 Å². The number of hydrogen-bond acceptors (Lipinski definition) is 2. The van der Waals surface area contributed by atoms with E-state index >= 15 is 0 Å². The molecule has 1 atom stereocenters. The second kappa shape index (κ2) is 6.29. The number of aryl methyl sites for hydroxylation is 1. The van der Waals surface area contributed by atoms with Crippen molar-refractivity contribution < 1.29 is 5.11 Å². The molecule has 1 unspecified atom stereocenters. The first kappa shape index (κ1) is 14.2. The summed E-state index contributed by atoms with van der Waals surface area (Å²) >= 11 is 12.3. The zero-order chi connectivity index (χ0) is 13.8. The van der Waals surface area contributed by atoms with Gasteiger partial charge < -0.3 is 10.4 Å². The first-order chi connectivity index (χ1) is 9.11. The maximum atomic E-state index is 9.58. The van der Waals surface area contributed by atoms with Crippen LogP contribution >= 0.6 is 23.2 Å². The summed E-state index contributed by atoms with van der Waals surface area (Å²) in [5.74, 6) is 0. The molecule has 0 fully saturated rings. The Bertz CT molecular complexity index is 552. The number of nitrogens with one attached hydrogen (secondary N) is 1. The van der Waals surface area contributed by atoms with E-state index in [1.54, 1.807) is 18.2 Å². The first-order valence-electron chi connectivity index (χ1n) is 6.00. The van der Waals surface area contributed by atoms with Gasteiger partial charge in [0.1, 0.15) is 0 Å². The van der Waals surface area contributed by atoms with E-state index in [0.717, 1.165) is 16.8 Å². The molecule has 100 valence electrons. The van der Waals surface area contributed by atoms with Gasteiger partial charge >= 0.3 is 0 Å². The Morgan fingerprint density at radius 1 is 1.11 bits per heavy atom. The van der Waals surface area contributed by atoms with Crippen molar-refractivity contribution in [3.05, 3.63) is 63.6 Å². The summed E-state index contributed by atoms with van der Waals surface area (Å²) in [4.78, 5) is 0. The summed E-state index contributed by atoms with van der Waals surface area (Å²) in [6.45, 7) is 1.93. The van der Waals surface area contributed by atoms with Crippen molar-refractivity contribution in [1.29, 1.82) is 0 Å². The molecule has 0 aliphatic rings. The zero-order valence-corrected chi connectivity index (χ0v) is 12.0. The average molecular weight is 296 g/mol. The minimum atomic E-state index is -0.331. The van der Waals surface area contributed by atoms with Gasteiger partial charge in [0.05, 0.1) is 12.6 Å². The number of anilines is 1. The summed E-state index contributed by atoms with van der Waals surface area (Å²) < 4.78 is 0. The molecule has 19 heavy (non-hydrogen) atoms. The lowest BCUT2D eigenvalue weighted by molar-refractivity contribution is 0.276. The van der Waals surface area contributed by atoms with Gasteiger partial charge in [-0.25, -0.2) is 0 Å². The molecule has 2 aromatic carbocycles. The highest BCUT2D eigenvalue weighted by Gasteiger charge is 2.17. The third-order valence-corrected chi connectivity index (χ3v) is 3.55. The normalized spacial score (nSPS) is 12.2. The molecule has 0 aliphatic heterocycles. The van der Waals surface area contributed by atoms with Crippen LogP contribution in [0.5, 0.6) is 0 Å². The maximum Gasteiger partial charge on any atom is 0.0774 e. The van der Waals surface area contributed by atoms with E-state index in [4.69, 9.17) is 23.2 Å². The average Bonchev–Trinajstić information content (AvgIpc) is 2.37. The number of halogens is 2. The van der Waals surface area contributed by atoms with Gasteiger partial charge in [0.15, 0.2) is 0 Å². The van der Waals surface area contributed by atoms with E-state index in [0.29, 0.717) is 10.0 Å². The Morgan fingerprint density at radius 2 is 1.74 bits per heavy atom. The standard InChI is InChI=1S/C15H15Cl2NO/c1-10-4-2-5-11(8-10)18-14(9-19)15-12(16)6-3-7-13(15)17/h2-8,14,18-19H,9H2,1H3. The van der Waals surface area contributed by atoms with E-state index in [1.807, 2.05) is 31.2 Å². The summed E-state index contributed by atoms with van der Waals surface area (Å²) in [6.07, 6.45) is 0. The van der Waals surface area contributed by atoms with Crippen LogP contribution in [0.3, 0.4) is 0 Å². The topological polar surface area (TPSA) is 32.3 Å². The van der Waals surface area contributed by atoms with Crippen LogP contribution in [0.25, 0.3) is 0 Å². The van der Waals surface area contributed by atoms with Crippen molar-refractivity contribution in [2.75, 3.05) is 11.9 Å². The second-order valence-corrected chi connectivity index (χ2v) is 5.20. The van der Waals surface area contributed by atoms with Gasteiger partial charge in [0, 0.05) is 21.3 Å². The lowest BCUT2D eigenvalue weighted by atomic mass is 10.1. The maximum absolute atomic E-state index is 9.58. The van der Waals surface area contributed by atoms with E-state index in [1.165, 1.54) is 0 Å². The third kappa shape index (κ3) is 3.41. The molecule has 2 N–H and O–H groups in total. The minimum absolute atomic E-state index is 0.0859. The van der Waals surface area contributed by atoms with Crippen LogP contribution in [0, 0.1) is 6.92 Å². The lowest BCUT2D eigenvalue weighted by Gasteiger charge is -2.20. The smallest absolute Gasteiger partial charge is 0.0774 e. The number of benzene rings is 2. The third-order valence-electron chi connectivity index (χ3n) is 2.89. The molecule has 2 aromatic rings. The highest BCUT2D eigenvalue weighted by molar-refractivity contribution is 6.36. The van der Waals surface area contributed by atoms with Crippen LogP contribution in [0.15, 0.2) is 42.5 Å². The number of aliphatic hydroxyl groups is 1. The fourth-order valence-corrected chi connectivity index (χ4v) is 2.65. The summed E-state index contributed by atoms with van der Waals surface area (Å²) in [5.41, 5.74) is 2.79. The van der Waals surface area contributed by atoms with E-state index in [2.05, 4.69) is 5.32 Å². The molecule has 0 spiro atoms. The van der Waals surface area contributed by atoms with Gasteiger partial charge in [0.2, 0.25) is 0 Å². The fourth-order valence-electron chi connectivity index (χ4n) is 1.99. The molecule has 0 aliphatic carbocycles. The van der Waals surface area contributed by atoms with Gasteiger partial charge in [-0.2, -0.15) is 0 Å². The van der Waals surface area contributed by atoms with Crippen molar-refractivity contribution >= 4 is 28.9 Å². The number of hydrogen-bond donors (Lipinski definition) is 2. The number of rotatable bonds is 4. The Labute approximate surface area is 123 Å². The molecule has 0 amide bonds. The summed E-state index contributed by atoms with van der Waals surface area (Å²) in [7, 11) is 0. The predicted molar refractivity (Wildman–Crippen MR) is 81.1 cm³/mol. The molecule has 0 aromatic heterocycles. The van der Waals surface area contributed by atoms with Crippen molar-refractivity contribution in [2.24, 2.45) is 0 Å². The van der Waals surface area contributed by atoms with Gasteiger partial charge in [-0.15, -0.1) is 0 Å². The Balaban J connectivity index is 2.30. The fraction of sp³-hybridized carbons (Fsp3) is 0.200. The zero-order valence-electron chi connectivity index (χ0n) is 10.5. The molecule has 0 radical (unpaired) electrons. The van der Waals surface area contributed by atoms with Crippen LogP contribution in [0.4, 0.5) is 5.69 Å². The summed E-state index contributed by atoms with van der Waals surface area (Å²) in [6, 6.07) is 12.9. The van der Waals surface area contributed by atoms with Crippen LogP contribution in [0.2, 0.25) is 10.0 Å². The Morgan fingerprint density at radius 3 is 2.32 bits per heavy atom. The van der Waals surface area contributed by atoms with Crippen molar-refractivity contribution in [3.63, 3.8) is 0 Å². The van der Waals surface area contributed by atoms with Crippen molar-refractivity contribution in [1.82, 2.24) is 0 Å². The van der Waals surface area contributed by atoms with Crippen LogP contribution in [0.1, 0.15) is 17.2 Å². The lowest BCUT2D eigenvalue weighted by Crippen LogP contribution is -2.15. The minimum Gasteiger partial charge on any atom is -0.394 e. The molecule has 0 saturated heterocycles. The molecular formula is C15H15Cl2NO. The van der Waals surface area contributed by atoms with Gasteiger partial charge in [0.25, 0.3) is 0 Å². The summed E-state index contributed by atoms with van der Waals surface area (Å²) in [5, 5.41) is 13.9. The van der Waals surface area contributed by atoms with Gasteiger partial charge in [-0.1, -0.05) is 41.4 Å². The van der Waals surface area contributed by atoms with E-state index in [9.17, 15) is 5.11 Å². The Kier molecular flexibility index (Phi) is 4.70. The van der Waals surface area contributed by atoms with Crippen LogP contribution in [-0.2, 0) is 0 Å². The number of aliphatic hydroxyl groups excluding tert-OH is 1. The highest BCUT2D eigenvalue weighted by Crippen LogP contribution is 2.32. The largest absolute Gasteiger partial charge is 0.394 e. The first-order valence-corrected chi connectivity index (χ1v) is 6.75. The quantitative estimate of drug-likeness (QED) is 0.873. The molecule has 4 heteroatoms. The van der Waals surface area contributed by atoms with Crippen LogP contribution in [-0.4, -0.2) is 11.7 Å².